The highest BCUT2D eigenvalue weighted by Gasteiger charge is 2.31. The van der Waals surface area contributed by atoms with Gasteiger partial charge < -0.3 is 14.7 Å². The summed E-state index contributed by atoms with van der Waals surface area (Å²) in [6.07, 6.45) is -0.572. The topological polar surface area (TPSA) is 45.6 Å². The number of hydrogen-bond donors (Lipinski definition) is 1. The zero-order chi connectivity index (χ0) is 20.5. The Labute approximate surface area is 166 Å². The molecule has 2 aromatic carbocycles. The summed E-state index contributed by atoms with van der Waals surface area (Å²) < 4.78 is 47.9. The maximum absolute atomic E-state index is 15.0. The lowest BCUT2D eigenvalue weighted by molar-refractivity contribution is 0.192. The number of pyridine rings is 1. The van der Waals surface area contributed by atoms with Crippen molar-refractivity contribution in [1.29, 1.82) is 0 Å². The van der Waals surface area contributed by atoms with E-state index in [-0.39, 0.29) is 17.1 Å². The number of anilines is 1. The normalized spacial score (nSPS) is 16.2. The van der Waals surface area contributed by atoms with E-state index in [2.05, 4.69) is 9.88 Å². The van der Waals surface area contributed by atoms with Gasteiger partial charge in [-0.05, 0) is 61.2 Å². The second-order valence-corrected chi connectivity index (χ2v) is 7.26. The summed E-state index contributed by atoms with van der Waals surface area (Å²) in [5, 5.41) is 10.4. The molecule has 4 rings (SSSR count). The molecule has 0 saturated carbocycles. The van der Waals surface area contributed by atoms with Gasteiger partial charge in [0.15, 0.2) is 11.6 Å². The van der Waals surface area contributed by atoms with Crippen molar-refractivity contribution >= 4 is 16.7 Å². The molecule has 0 spiro atoms. The summed E-state index contributed by atoms with van der Waals surface area (Å²) in [5.41, 5.74) is 0.506. The van der Waals surface area contributed by atoms with Crippen molar-refractivity contribution in [3.8, 4) is 11.5 Å². The van der Waals surface area contributed by atoms with Gasteiger partial charge in [0.05, 0.1) is 12.6 Å². The first kappa shape index (κ1) is 19.4. The van der Waals surface area contributed by atoms with Crippen LogP contribution in [-0.2, 0) is 0 Å². The lowest BCUT2D eigenvalue weighted by Crippen LogP contribution is -2.35. The Morgan fingerprint density at radius 3 is 2.55 bits per heavy atom. The molecule has 0 radical (unpaired) electrons. The molecule has 3 aromatic rings. The summed E-state index contributed by atoms with van der Waals surface area (Å²) in [4.78, 5) is 6.67. The minimum absolute atomic E-state index is 0.184. The number of aromatic nitrogens is 1. The number of halogens is 3. The van der Waals surface area contributed by atoms with Crippen LogP contribution < -0.4 is 9.64 Å². The Morgan fingerprint density at radius 1 is 1.07 bits per heavy atom. The largest absolute Gasteiger partial charge is 0.508 e. The van der Waals surface area contributed by atoms with Crippen LogP contribution in [0.15, 0.2) is 42.5 Å². The smallest absolute Gasteiger partial charge is 0.200 e. The van der Waals surface area contributed by atoms with Gasteiger partial charge in [-0.3, -0.25) is 0 Å². The second-order valence-electron chi connectivity index (χ2n) is 7.26. The highest BCUT2D eigenvalue weighted by atomic mass is 19.2. The Kier molecular flexibility index (Phi) is 5.22. The van der Waals surface area contributed by atoms with Crippen LogP contribution in [-0.4, -0.2) is 30.3 Å². The molecule has 29 heavy (non-hydrogen) atoms. The predicted molar refractivity (Wildman–Crippen MR) is 105 cm³/mol. The molecule has 1 aliphatic rings. The standard InChI is InChI=1S/C22H21F3N2O2/c1-29-18-6-4-16(21(24)22(18)25)20(23)13-8-10-27(11-9-13)19-7-2-14-12-15(28)3-5-17(14)26-19/h2-7,12-13,20,28H,8-11H2,1H3. The van der Waals surface area contributed by atoms with Crippen LogP contribution in [0.5, 0.6) is 11.5 Å². The first-order valence-electron chi connectivity index (χ1n) is 9.48. The molecule has 1 aromatic heterocycles. The zero-order valence-corrected chi connectivity index (χ0v) is 15.9. The van der Waals surface area contributed by atoms with E-state index in [1.54, 1.807) is 18.2 Å². The molecule has 1 fully saturated rings. The van der Waals surface area contributed by atoms with Crippen molar-refractivity contribution in [3.05, 3.63) is 59.7 Å². The van der Waals surface area contributed by atoms with E-state index in [1.807, 2.05) is 12.1 Å². The third kappa shape index (κ3) is 3.69. The number of aromatic hydroxyl groups is 1. The van der Waals surface area contributed by atoms with Crippen LogP contribution in [0.4, 0.5) is 19.0 Å². The maximum atomic E-state index is 15.0. The molecule has 2 heterocycles. The fourth-order valence-corrected chi connectivity index (χ4v) is 3.87. The highest BCUT2D eigenvalue weighted by molar-refractivity contribution is 5.81. The van der Waals surface area contributed by atoms with E-state index in [1.165, 1.54) is 19.2 Å². The molecule has 0 aliphatic carbocycles. The van der Waals surface area contributed by atoms with Crippen LogP contribution in [0, 0.1) is 17.6 Å². The van der Waals surface area contributed by atoms with Crippen LogP contribution in [0.25, 0.3) is 10.9 Å². The second kappa shape index (κ2) is 7.81. The van der Waals surface area contributed by atoms with Gasteiger partial charge in [0.1, 0.15) is 17.7 Å². The summed E-state index contributed by atoms with van der Waals surface area (Å²) in [7, 11) is 1.24. The number of fused-ring (bicyclic) bond motifs is 1. The Morgan fingerprint density at radius 2 is 1.83 bits per heavy atom. The molecule has 1 aliphatic heterocycles. The zero-order valence-electron chi connectivity index (χ0n) is 15.9. The van der Waals surface area contributed by atoms with Crippen LogP contribution in [0.1, 0.15) is 24.6 Å². The number of phenolic OH excluding ortho intramolecular Hbond substituents is 1. The minimum atomic E-state index is -1.58. The third-order valence-corrected chi connectivity index (χ3v) is 5.53. The van der Waals surface area contributed by atoms with Crippen molar-refractivity contribution < 1.29 is 23.0 Å². The Balaban J connectivity index is 1.47. The summed E-state index contributed by atoms with van der Waals surface area (Å²) in [5.74, 6) is -2.01. The Hall–Kier alpha value is -2.96. The van der Waals surface area contributed by atoms with E-state index in [0.29, 0.717) is 25.9 Å². The van der Waals surface area contributed by atoms with Crippen LogP contribution in [0.3, 0.4) is 0 Å². The van der Waals surface area contributed by atoms with E-state index in [0.717, 1.165) is 16.7 Å². The molecular weight excluding hydrogens is 381 g/mol. The quantitative estimate of drug-likeness (QED) is 0.655. The molecule has 7 heteroatoms. The van der Waals surface area contributed by atoms with Crippen LogP contribution in [0.2, 0.25) is 0 Å². The molecule has 1 unspecified atom stereocenters. The fourth-order valence-electron chi connectivity index (χ4n) is 3.87. The lowest BCUT2D eigenvalue weighted by atomic mass is 9.88. The average molecular weight is 402 g/mol. The van der Waals surface area contributed by atoms with Gasteiger partial charge in [0.2, 0.25) is 5.82 Å². The first-order chi connectivity index (χ1) is 14.0. The minimum Gasteiger partial charge on any atom is -0.508 e. The lowest BCUT2D eigenvalue weighted by Gasteiger charge is -2.34. The summed E-state index contributed by atoms with van der Waals surface area (Å²) >= 11 is 0. The van der Waals surface area contributed by atoms with Gasteiger partial charge in [-0.2, -0.15) is 4.39 Å². The van der Waals surface area contributed by atoms with Gasteiger partial charge in [-0.1, -0.05) is 0 Å². The van der Waals surface area contributed by atoms with E-state index in [9.17, 15) is 18.3 Å². The number of hydrogen-bond acceptors (Lipinski definition) is 4. The molecule has 4 nitrogen and oxygen atoms in total. The Bertz CT molecular complexity index is 1040. The molecular formula is C22H21F3N2O2. The SMILES string of the molecule is COc1ccc(C(F)C2CCN(c3ccc4cc(O)ccc4n3)CC2)c(F)c1F. The molecule has 1 saturated heterocycles. The molecule has 1 N–H and O–H groups in total. The van der Waals surface area contributed by atoms with E-state index < -0.39 is 23.7 Å². The maximum Gasteiger partial charge on any atom is 0.200 e. The fraction of sp³-hybridized carbons (Fsp3) is 0.318. The predicted octanol–water partition coefficient (Wildman–Crippen LogP) is 5.15. The van der Waals surface area contributed by atoms with E-state index in [4.69, 9.17) is 4.74 Å². The van der Waals surface area contributed by atoms with Crippen molar-refractivity contribution in [1.82, 2.24) is 4.98 Å². The van der Waals surface area contributed by atoms with Crippen molar-refractivity contribution in [2.45, 2.75) is 19.0 Å². The molecule has 152 valence electrons. The van der Waals surface area contributed by atoms with Crippen molar-refractivity contribution in [2.24, 2.45) is 5.92 Å². The average Bonchev–Trinajstić information content (AvgIpc) is 2.75. The van der Waals surface area contributed by atoms with Crippen molar-refractivity contribution in [3.63, 3.8) is 0 Å². The summed E-state index contributed by atoms with van der Waals surface area (Å²) in [6.45, 7) is 1.14. The molecule has 0 bridgehead atoms. The number of methoxy groups -OCH3 is 1. The van der Waals surface area contributed by atoms with Gasteiger partial charge >= 0.3 is 0 Å². The third-order valence-electron chi connectivity index (χ3n) is 5.53. The first-order valence-corrected chi connectivity index (χ1v) is 9.48. The number of rotatable bonds is 4. The van der Waals surface area contributed by atoms with Crippen LogP contribution >= 0.6 is 0 Å². The van der Waals surface area contributed by atoms with Crippen molar-refractivity contribution in [2.75, 3.05) is 25.1 Å². The van der Waals surface area contributed by atoms with Gasteiger partial charge in [-0.15, -0.1) is 0 Å². The number of piperidine rings is 1. The molecule has 1 atom stereocenters. The molecule has 0 amide bonds. The summed E-state index contributed by atoms with van der Waals surface area (Å²) in [6, 6.07) is 11.3. The van der Waals surface area contributed by atoms with E-state index >= 15 is 0 Å². The number of nitrogens with zero attached hydrogens (tertiary/aromatic N) is 2. The number of alkyl halides is 1. The van der Waals surface area contributed by atoms with Gasteiger partial charge in [0, 0.05) is 24.0 Å². The van der Waals surface area contributed by atoms with Gasteiger partial charge in [-0.25, -0.2) is 13.8 Å². The number of benzene rings is 2. The monoisotopic (exact) mass is 402 g/mol. The van der Waals surface area contributed by atoms with Gasteiger partial charge in [0.25, 0.3) is 0 Å². The number of phenols is 1. The number of ether oxygens (including phenoxy) is 1. The highest BCUT2D eigenvalue weighted by Crippen LogP contribution is 2.38.